The van der Waals surface area contributed by atoms with Crippen LogP contribution in [0, 0.1) is 0 Å². The molecule has 2 saturated heterocycles. The Morgan fingerprint density at radius 1 is 1.37 bits per heavy atom. The maximum absolute atomic E-state index is 11.6. The number of nitrogens with two attached hydrogens (primary N) is 1. The summed E-state index contributed by atoms with van der Waals surface area (Å²) in [6, 6.07) is 0.318. The van der Waals surface area contributed by atoms with Crippen molar-refractivity contribution in [2.24, 2.45) is 5.73 Å². The molecule has 2 aliphatic heterocycles. The van der Waals surface area contributed by atoms with Crippen LogP contribution in [0.15, 0.2) is 12.4 Å². The first-order valence-corrected chi connectivity index (χ1v) is 6.72. The van der Waals surface area contributed by atoms with Gasteiger partial charge in [-0.3, -0.25) is 4.79 Å². The molecule has 0 aromatic carbocycles. The Morgan fingerprint density at radius 2 is 2.21 bits per heavy atom. The lowest BCUT2D eigenvalue weighted by Crippen LogP contribution is -2.51. The van der Waals surface area contributed by atoms with Crippen molar-refractivity contribution in [3.63, 3.8) is 0 Å². The topological polar surface area (TPSA) is 75.3 Å². The fourth-order valence-electron chi connectivity index (χ4n) is 2.68. The van der Waals surface area contributed by atoms with Crippen LogP contribution in [0.2, 0.25) is 0 Å². The molecule has 2 N–H and O–H groups in total. The Labute approximate surface area is 116 Å². The molecule has 1 aromatic heterocycles. The molecule has 1 amide bonds. The van der Waals surface area contributed by atoms with Gasteiger partial charge in [-0.1, -0.05) is 12.2 Å². The number of anilines is 1. The lowest BCUT2D eigenvalue weighted by atomic mass is 10.1. The maximum atomic E-state index is 11.6. The van der Waals surface area contributed by atoms with E-state index in [-0.39, 0.29) is 10.9 Å². The first-order valence-electron chi connectivity index (χ1n) is 6.31. The van der Waals surface area contributed by atoms with E-state index >= 15 is 0 Å². The van der Waals surface area contributed by atoms with Gasteiger partial charge in [-0.05, 0) is 6.42 Å². The van der Waals surface area contributed by atoms with Crippen LogP contribution in [0.1, 0.15) is 18.5 Å². The molecule has 0 spiro atoms. The molecule has 0 bridgehead atoms. The van der Waals surface area contributed by atoms with Gasteiger partial charge in [-0.15, -0.1) is 0 Å². The van der Waals surface area contributed by atoms with Crippen LogP contribution >= 0.6 is 12.2 Å². The Balaban J connectivity index is 1.73. The van der Waals surface area contributed by atoms with Crippen molar-refractivity contribution in [2.45, 2.75) is 18.9 Å². The number of rotatable bonds is 2. The summed E-state index contributed by atoms with van der Waals surface area (Å²) >= 11 is 4.85. The van der Waals surface area contributed by atoms with E-state index in [0.29, 0.717) is 18.2 Å². The van der Waals surface area contributed by atoms with E-state index in [1.165, 1.54) is 0 Å². The van der Waals surface area contributed by atoms with Crippen molar-refractivity contribution in [3.8, 4) is 0 Å². The highest BCUT2D eigenvalue weighted by Crippen LogP contribution is 2.24. The number of nitrogens with zero attached hydrogens (tertiary/aromatic N) is 4. The summed E-state index contributed by atoms with van der Waals surface area (Å²) in [5.41, 5.74) is 6.03. The number of hydrogen-bond donors (Lipinski definition) is 1. The quantitative estimate of drug-likeness (QED) is 0.762. The van der Waals surface area contributed by atoms with E-state index in [1.54, 1.807) is 12.4 Å². The summed E-state index contributed by atoms with van der Waals surface area (Å²) in [5, 5.41) is 0. The molecule has 7 heteroatoms. The van der Waals surface area contributed by atoms with Crippen molar-refractivity contribution in [1.29, 1.82) is 0 Å². The molecule has 3 rings (SSSR count). The van der Waals surface area contributed by atoms with Gasteiger partial charge in [0.25, 0.3) is 0 Å². The average Bonchev–Trinajstić information content (AvgIpc) is 2.80. The molecule has 1 aromatic rings. The summed E-state index contributed by atoms with van der Waals surface area (Å²) in [6.07, 6.45) is 4.91. The molecule has 0 saturated carbocycles. The summed E-state index contributed by atoms with van der Waals surface area (Å²) in [7, 11) is 0. The minimum Gasteiger partial charge on any atom is -0.388 e. The SMILES string of the molecule is NC(=S)c1cnc(N2CCN3C(=O)CCC3C2)cn1. The van der Waals surface area contributed by atoms with Crippen molar-refractivity contribution >= 4 is 28.9 Å². The third-order valence-corrected chi connectivity index (χ3v) is 3.92. The number of carbonyl (C=O) groups is 1. The van der Waals surface area contributed by atoms with Crippen molar-refractivity contribution in [2.75, 3.05) is 24.5 Å². The standard InChI is InChI=1S/C12H15N5OS/c13-12(19)9-5-15-10(6-14-9)16-3-4-17-8(7-16)1-2-11(17)18/h5-6,8H,1-4,7H2,(H2,13,19). The average molecular weight is 277 g/mol. The second-order valence-electron chi connectivity index (χ2n) is 4.85. The van der Waals surface area contributed by atoms with Crippen LogP contribution in [-0.2, 0) is 4.79 Å². The van der Waals surface area contributed by atoms with Crippen LogP contribution in [0.5, 0.6) is 0 Å². The third kappa shape index (κ3) is 2.25. The van der Waals surface area contributed by atoms with Gasteiger partial charge in [-0.25, -0.2) is 9.97 Å². The predicted molar refractivity (Wildman–Crippen MR) is 74.9 cm³/mol. The first kappa shape index (κ1) is 12.3. The largest absolute Gasteiger partial charge is 0.388 e. The van der Waals surface area contributed by atoms with Crippen LogP contribution in [0.3, 0.4) is 0 Å². The number of amides is 1. The molecule has 0 aliphatic carbocycles. The van der Waals surface area contributed by atoms with Crippen LogP contribution in [0.25, 0.3) is 0 Å². The Bertz CT molecular complexity index is 517. The van der Waals surface area contributed by atoms with E-state index in [0.717, 1.165) is 31.9 Å². The number of carbonyl (C=O) groups excluding carboxylic acids is 1. The molecule has 3 heterocycles. The number of thiocarbonyl (C=S) groups is 1. The van der Waals surface area contributed by atoms with E-state index < -0.39 is 0 Å². The van der Waals surface area contributed by atoms with Gasteiger partial charge < -0.3 is 15.5 Å². The monoisotopic (exact) mass is 277 g/mol. The van der Waals surface area contributed by atoms with E-state index in [1.807, 2.05) is 4.90 Å². The van der Waals surface area contributed by atoms with Gasteiger partial charge in [-0.2, -0.15) is 0 Å². The van der Waals surface area contributed by atoms with Crippen molar-refractivity contribution in [3.05, 3.63) is 18.1 Å². The minimum atomic E-state index is 0.255. The zero-order chi connectivity index (χ0) is 13.4. The van der Waals surface area contributed by atoms with Gasteiger partial charge in [0.1, 0.15) is 16.5 Å². The lowest BCUT2D eigenvalue weighted by Gasteiger charge is -2.38. The predicted octanol–water partition coefficient (Wildman–Crippen LogP) is -0.0782. The molecule has 6 nitrogen and oxygen atoms in total. The fraction of sp³-hybridized carbons (Fsp3) is 0.500. The van der Waals surface area contributed by atoms with Crippen LogP contribution < -0.4 is 10.6 Å². The van der Waals surface area contributed by atoms with E-state index in [4.69, 9.17) is 18.0 Å². The van der Waals surface area contributed by atoms with Crippen molar-refractivity contribution in [1.82, 2.24) is 14.9 Å². The van der Waals surface area contributed by atoms with Gasteiger partial charge in [0.2, 0.25) is 5.91 Å². The Kier molecular flexibility index (Phi) is 3.06. The lowest BCUT2D eigenvalue weighted by molar-refractivity contribution is -0.129. The van der Waals surface area contributed by atoms with E-state index in [2.05, 4.69) is 14.9 Å². The molecular weight excluding hydrogens is 262 g/mol. The highest BCUT2D eigenvalue weighted by Gasteiger charge is 2.35. The molecule has 1 unspecified atom stereocenters. The molecule has 2 fully saturated rings. The van der Waals surface area contributed by atoms with E-state index in [9.17, 15) is 4.79 Å². The fourth-order valence-corrected chi connectivity index (χ4v) is 2.79. The molecule has 100 valence electrons. The van der Waals surface area contributed by atoms with Gasteiger partial charge in [0, 0.05) is 32.1 Å². The minimum absolute atomic E-state index is 0.255. The first-order chi connectivity index (χ1) is 9.15. The summed E-state index contributed by atoms with van der Waals surface area (Å²) in [6.45, 7) is 2.39. The van der Waals surface area contributed by atoms with Crippen LogP contribution in [-0.4, -0.2) is 51.4 Å². The molecular formula is C12H15N5OS. The highest BCUT2D eigenvalue weighted by atomic mass is 32.1. The van der Waals surface area contributed by atoms with Crippen molar-refractivity contribution < 1.29 is 4.79 Å². The number of piperazine rings is 1. The summed E-state index contributed by atoms with van der Waals surface area (Å²) in [5.74, 6) is 1.10. The van der Waals surface area contributed by atoms with Crippen LogP contribution in [0.4, 0.5) is 5.82 Å². The number of aromatic nitrogens is 2. The Morgan fingerprint density at radius 3 is 2.89 bits per heavy atom. The second kappa shape index (κ2) is 4.73. The Hall–Kier alpha value is -1.76. The zero-order valence-corrected chi connectivity index (χ0v) is 11.3. The number of fused-ring (bicyclic) bond motifs is 1. The summed E-state index contributed by atoms with van der Waals surface area (Å²) < 4.78 is 0. The number of hydrogen-bond acceptors (Lipinski definition) is 5. The molecule has 2 aliphatic rings. The summed E-state index contributed by atoms with van der Waals surface area (Å²) in [4.78, 5) is 24.6. The van der Waals surface area contributed by atoms with Gasteiger partial charge >= 0.3 is 0 Å². The second-order valence-corrected chi connectivity index (χ2v) is 5.29. The molecule has 19 heavy (non-hydrogen) atoms. The van der Waals surface area contributed by atoms with Gasteiger partial charge in [0.15, 0.2) is 0 Å². The highest BCUT2D eigenvalue weighted by molar-refractivity contribution is 7.80. The zero-order valence-electron chi connectivity index (χ0n) is 10.5. The molecule has 0 radical (unpaired) electrons. The van der Waals surface area contributed by atoms with Gasteiger partial charge in [0.05, 0.1) is 12.4 Å². The normalized spacial score (nSPS) is 22.5. The smallest absolute Gasteiger partial charge is 0.223 e. The molecule has 1 atom stereocenters. The maximum Gasteiger partial charge on any atom is 0.223 e. The third-order valence-electron chi connectivity index (χ3n) is 3.71.